The summed E-state index contributed by atoms with van der Waals surface area (Å²) < 4.78 is 17.0. The summed E-state index contributed by atoms with van der Waals surface area (Å²) in [6, 6.07) is 0. The van der Waals surface area contributed by atoms with Crippen LogP contribution in [0.5, 0.6) is 0 Å². The van der Waals surface area contributed by atoms with E-state index < -0.39 is 19.1 Å². The minimum atomic E-state index is -2.00. The second-order valence-corrected chi connectivity index (χ2v) is 6.92. The molecule has 24 heavy (non-hydrogen) atoms. The van der Waals surface area contributed by atoms with Crippen molar-refractivity contribution in [3.05, 3.63) is 58.7 Å². The van der Waals surface area contributed by atoms with Gasteiger partial charge in [-0.25, -0.2) is 0 Å². The minimum absolute atomic E-state index is 0.290. The van der Waals surface area contributed by atoms with Gasteiger partial charge >= 0.3 is 25.7 Å². The molecule has 0 unspecified atom stereocenters. The number of carbonyl (C=O) groups is 1. The van der Waals surface area contributed by atoms with Crippen LogP contribution in [0.25, 0.3) is 0 Å². The third kappa shape index (κ3) is 9.10. The summed E-state index contributed by atoms with van der Waals surface area (Å²) in [6.07, 6.45) is 16.6. The first-order valence-corrected chi connectivity index (χ1v) is 9.40. The van der Waals surface area contributed by atoms with Crippen molar-refractivity contribution in [1.29, 1.82) is 0 Å². The van der Waals surface area contributed by atoms with Gasteiger partial charge in [0.25, 0.3) is 0 Å². The van der Waals surface area contributed by atoms with Gasteiger partial charge in [0, 0.05) is 0 Å². The van der Waals surface area contributed by atoms with Gasteiger partial charge in [-0.1, -0.05) is 55.4 Å². The third-order valence-corrected chi connectivity index (χ3v) is 4.10. The van der Waals surface area contributed by atoms with Crippen LogP contribution < -0.4 is 0 Å². The molecule has 0 radical (unpaired) electrons. The van der Waals surface area contributed by atoms with Gasteiger partial charge in [-0.2, -0.15) is 0 Å². The Labute approximate surface area is 154 Å². The molecular weight excluding hydrogens is 336 g/mol. The van der Waals surface area contributed by atoms with E-state index in [1.807, 2.05) is 19.1 Å². The van der Waals surface area contributed by atoms with Crippen molar-refractivity contribution in [2.45, 2.75) is 53.9 Å². The van der Waals surface area contributed by atoms with Crippen LogP contribution in [0.1, 0.15) is 53.9 Å². The van der Waals surface area contributed by atoms with Crippen molar-refractivity contribution >= 4 is 6.29 Å². The predicted molar refractivity (Wildman–Crippen MR) is 93.6 cm³/mol. The van der Waals surface area contributed by atoms with Gasteiger partial charge in [-0.3, -0.25) is 4.79 Å². The van der Waals surface area contributed by atoms with E-state index in [0.29, 0.717) is 0 Å². The van der Waals surface area contributed by atoms with Crippen molar-refractivity contribution in [3.8, 4) is 0 Å². The first kappa shape index (κ1) is 22.7. The molecule has 0 saturated heterocycles. The van der Waals surface area contributed by atoms with E-state index in [2.05, 4.69) is 45.9 Å². The zero-order valence-corrected chi connectivity index (χ0v) is 16.9. The molecule has 3 nitrogen and oxygen atoms in total. The molecule has 0 fully saturated rings. The van der Waals surface area contributed by atoms with Crippen LogP contribution >= 0.6 is 0 Å². The SMILES string of the molecule is CC1=C(/C=C/C(C)=C/C=C/C(C)=C/C=O)C(C)(C)CCC1.[O]=[Ti]=[O]. The number of hydrogen-bond acceptors (Lipinski definition) is 3. The Kier molecular flexibility index (Phi) is 11.4. The molecule has 0 bridgehead atoms. The van der Waals surface area contributed by atoms with Crippen molar-refractivity contribution < 1.29 is 30.5 Å². The zero-order valence-electron chi connectivity index (χ0n) is 15.4. The first-order chi connectivity index (χ1) is 11.3. The molecule has 4 heteroatoms. The molecule has 0 aromatic carbocycles. The van der Waals surface area contributed by atoms with Crippen LogP contribution in [0.15, 0.2) is 58.7 Å². The maximum absolute atomic E-state index is 10.3. The van der Waals surface area contributed by atoms with Crippen molar-refractivity contribution in [1.82, 2.24) is 0 Å². The maximum atomic E-state index is 10.3. The van der Waals surface area contributed by atoms with E-state index in [1.165, 1.54) is 36.0 Å². The number of aldehydes is 1. The van der Waals surface area contributed by atoms with E-state index in [0.717, 1.165) is 11.9 Å². The zero-order chi connectivity index (χ0) is 18.6. The van der Waals surface area contributed by atoms with Gasteiger partial charge in [0.2, 0.25) is 0 Å². The molecule has 1 rings (SSSR count). The standard InChI is InChI=1S/C20H28O.2O.Ti/c1-16(8-6-9-17(2)13-15-21)11-12-19-18(3)10-7-14-20(19,4)5;;;/h6,8-9,11-13,15H,7,10,14H2,1-5H3;;;/b9-6+,12-11+,16-8+,17-13+;;;. The van der Waals surface area contributed by atoms with Crippen molar-refractivity contribution in [2.75, 3.05) is 0 Å². The first-order valence-electron chi connectivity index (χ1n) is 8.13. The molecule has 0 aliphatic heterocycles. The molecule has 0 heterocycles. The van der Waals surface area contributed by atoms with Crippen LogP contribution in [0.3, 0.4) is 0 Å². The number of carbonyl (C=O) groups excluding carboxylic acids is 1. The molecule has 0 atom stereocenters. The Bertz CT molecular complexity index is 611. The molecule has 130 valence electrons. The van der Waals surface area contributed by atoms with Crippen LogP contribution in [0.4, 0.5) is 0 Å². The normalized spacial score (nSPS) is 18.4. The monoisotopic (exact) mass is 364 g/mol. The van der Waals surface area contributed by atoms with Crippen LogP contribution in [-0.4, -0.2) is 6.29 Å². The summed E-state index contributed by atoms with van der Waals surface area (Å²) >= 11 is -2.00. The fourth-order valence-electron chi connectivity index (χ4n) is 2.80. The molecule has 0 saturated carbocycles. The summed E-state index contributed by atoms with van der Waals surface area (Å²) in [6.45, 7) is 10.9. The molecule has 0 N–H and O–H groups in total. The van der Waals surface area contributed by atoms with E-state index in [4.69, 9.17) is 6.65 Å². The Morgan fingerprint density at radius 1 is 1.08 bits per heavy atom. The summed E-state index contributed by atoms with van der Waals surface area (Å²) in [5.74, 6) is 0. The Hall–Kier alpha value is -1.32. The van der Waals surface area contributed by atoms with Crippen molar-refractivity contribution in [3.63, 3.8) is 0 Å². The third-order valence-electron chi connectivity index (χ3n) is 4.10. The van der Waals surface area contributed by atoms with Gasteiger partial charge in [0.05, 0.1) is 0 Å². The molecule has 1 aliphatic carbocycles. The molecule has 1 aliphatic rings. The second kappa shape index (κ2) is 12.1. The molecular formula is C20H28O3Ti. The van der Waals surface area contributed by atoms with E-state index in [1.54, 1.807) is 6.08 Å². The molecule has 0 aromatic rings. The molecule has 0 amide bonds. The van der Waals surface area contributed by atoms with Crippen LogP contribution in [-0.2, 0) is 30.5 Å². The quantitative estimate of drug-likeness (QED) is 0.281. The van der Waals surface area contributed by atoms with Gasteiger partial charge in [0.1, 0.15) is 6.29 Å². The van der Waals surface area contributed by atoms with Gasteiger partial charge < -0.3 is 0 Å². The van der Waals surface area contributed by atoms with Gasteiger partial charge in [-0.05, 0) is 62.7 Å². The number of hydrogen-bond donors (Lipinski definition) is 0. The van der Waals surface area contributed by atoms with Crippen molar-refractivity contribution in [2.24, 2.45) is 5.41 Å². The summed E-state index contributed by atoms with van der Waals surface area (Å²) in [4.78, 5) is 10.3. The number of rotatable bonds is 5. The fourth-order valence-corrected chi connectivity index (χ4v) is 2.80. The Balaban J connectivity index is 0.00000163. The topological polar surface area (TPSA) is 51.2 Å². The van der Waals surface area contributed by atoms with Gasteiger partial charge in [0.15, 0.2) is 0 Å². The Morgan fingerprint density at radius 2 is 1.67 bits per heavy atom. The number of allylic oxidation sites excluding steroid dienone is 10. The summed E-state index contributed by atoms with van der Waals surface area (Å²) in [7, 11) is 0. The average molecular weight is 364 g/mol. The van der Waals surface area contributed by atoms with E-state index >= 15 is 0 Å². The predicted octanol–water partition coefficient (Wildman–Crippen LogP) is 5.48. The fraction of sp³-hybridized carbons (Fsp3) is 0.450. The average Bonchev–Trinajstić information content (AvgIpc) is 2.47. The molecule has 0 spiro atoms. The van der Waals surface area contributed by atoms with Gasteiger partial charge in [-0.15, -0.1) is 0 Å². The van der Waals surface area contributed by atoms with E-state index in [-0.39, 0.29) is 5.41 Å². The second-order valence-electron chi connectivity index (χ2n) is 6.66. The Morgan fingerprint density at radius 3 is 2.21 bits per heavy atom. The molecule has 0 aromatic heterocycles. The van der Waals surface area contributed by atoms with Crippen LogP contribution in [0, 0.1) is 5.41 Å². The summed E-state index contributed by atoms with van der Waals surface area (Å²) in [5, 5.41) is 0. The van der Waals surface area contributed by atoms with E-state index in [9.17, 15) is 4.79 Å². The van der Waals surface area contributed by atoms with Crippen LogP contribution in [0.2, 0.25) is 0 Å². The summed E-state index contributed by atoms with van der Waals surface area (Å²) in [5.41, 5.74) is 5.48.